The Morgan fingerprint density at radius 3 is 0.964 bits per heavy atom. The summed E-state index contributed by atoms with van der Waals surface area (Å²) in [6, 6.07) is 6.18. The SMILES string of the molecule is C=CC[Si](CC=C)(CC=C)C1=CC=C([Si](CC=C)(CC=C)CC=C)C=CC=C1. The number of hydrogen-bond acceptors (Lipinski definition) is 0. The van der Waals surface area contributed by atoms with Crippen LogP contribution in [0.4, 0.5) is 0 Å². The normalized spacial score (nSPS) is 14.1. The van der Waals surface area contributed by atoms with Gasteiger partial charge in [-0.05, 0) is 36.3 Å². The zero-order valence-corrected chi connectivity index (χ0v) is 19.4. The lowest BCUT2D eigenvalue weighted by Crippen LogP contribution is -2.36. The van der Waals surface area contributed by atoms with Gasteiger partial charge in [0.1, 0.15) is 0 Å². The lowest BCUT2D eigenvalue weighted by molar-refractivity contribution is 1.34. The van der Waals surface area contributed by atoms with E-state index in [0.29, 0.717) is 0 Å². The van der Waals surface area contributed by atoms with Crippen molar-refractivity contribution < 1.29 is 0 Å². The summed E-state index contributed by atoms with van der Waals surface area (Å²) in [6.07, 6.45) is 26.1. The Labute approximate surface area is 175 Å². The fraction of sp³-hybridized carbons (Fsp3) is 0.231. The van der Waals surface area contributed by atoms with Crippen LogP contribution in [-0.4, -0.2) is 16.1 Å². The molecule has 28 heavy (non-hydrogen) atoms. The smallest absolute Gasteiger partial charge is 0.0977 e. The van der Waals surface area contributed by atoms with Crippen LogP contribution >= 0.6 is 0 Å². The lowest BCUT2D eigenvalue weighted by Gasteiger charge is -2.32. The topological polar surface area (TPSA) is 0 Å². The summed E-state index contributed by atoms with van der Waals surface area (Å²) in [5.74, 6) is 0. The molecule has 0 bridgehead atoms. The van der Waals surface area contributed by atoms with Crippen LogP contribution in [0.5, 0.6) is 0 Å². The van der Waals surface area contributed by atoms with E-state index in [9.17, 15) is 0 Å². The third-order valence-corrected chi connectivity index (χ3v) is 15.1. The number of rotatable bonds is 14. The largest absolute Gasteiger partial charge is 0.103 e. The second-order valence-corrected chi connectivity index (χ2v) is 16.2. The Kier molecular flexibility index (Phi) is 10.5. The highest BCUT2D eigenvalue weighted by molar-refractivity contribution is 6.89. The van der Waals surface area contributed by atoms with Crippen LogP contribution in [0.1, 0.15) is 0 Å². The average molecular weight is 405 g/mol. The number of hydrogen-bond donors (Lipinski definition) is 0. The first-order valence-corrected chi connectivity index (χ1v) is 15.3. The summed E-state index contributed by atoms with van der Waals surface area (Å²) in [6.45, 7) is 24.2. The van der Waals surface area contributed by atoms with Crippen molar-refractivity contribution in [2.45, 2.75) is 36.3 Å². The van der Waals surface area contributed by atoms with E-state index < -0.39 is 16.1 Å². The fourth-order valence-corrected chi connectivity index (χ4v) is 11.7. The molecule has 148 valence electrons. The molecule has 0 saturated carbocycles. The van der Waals surface area contributed by atoms with Crippen LogP contribution in [0.3, 0.4) is 0 Å². The van der Waals surface area contributed by atoms with Crippen LogP contribution in [0.2, 0.25) is 36.3 Å². The maximum Gasteiger partial charge on any atom is 0.0977 e. The first-order valence-electron chi connectivity index (χ1n) is 10.0. The highest BCUT2D eigenvalue weighted by Crippen LogP contribution is 2.35. The van der Waals surface area contributed by atoms with Crippen molar-refractivity contribution in [3.8, 4) is 0 Å². The summed E-state index contributed by atoms with van der Waals surface area (Å²) < 4.78 is 0. The zero-order valence-electron chi connectivity index (χ0n) is 17.4. The maximum atomic E-state index is 4.03. The molecule has 0 nitrogen and oxygen atoms in total. The van der Waals surface area contributed by atoms with E-state index in [-0.39, 0.29) is 0 Å². The zero-order chi connectivity index (χ0) is 20.9. The number of allylic oxidation sites excluding steroid dienone is 14. The molecule has 2 heteroatoms. The molecule has 0 aliphatic heterocycles. The third-order valence-electron chi connectivity index (χ3n) is 5.54. The van der Waals surface area contributed by atoms with E-state index >= 15 is 0 Å². The van der Waals surface area contributed by atoms with Gasteiger partial charge in [-0.15, -0.1) is 39.5 Å². The summed E-state index contributed by atoms with van der Waals surface area (Å²) in [5, 5.41) is 2.88. The van der Waals surface area contributed by atoms with Gasteiger partial charge in [-0.2, -0.15) is 0 Å². The predicted octanol–water partition coefficient (Wildman–Crippen LogP) is 8.06. The average Bonchev–Trinajstić information content (AvgIpc) is 2.62. The van der Waals surface area contributed by atoms with Gasteiger partial charge in [0.2, 0.25) is 0 Å². The monoisotopic (exact) mass is 404 g/mol. The van der Waals surface area contributed by atoms with Crippen LogP contribution in [-0.2, 0) is 0 Å². The molecule has 0 radical (unpaired) electrons. The first-order chi connectivity index (χ1) is 13.6. The molecule has 0 N–H and O–H groups in total. The molecule has 0 amide bonds. The molecule has 1 aliphatic carbocycles. The van der Waals surface area contributed by atoms with Crippen LogP contribution < -0.4 is 0 Å². The molecular weight excluding hydrogens is 368 g/mol. The summed E-state index contributed by atoms with van der Waals surface area (Å²) >= 11 is 0. The Hall–Kier alpha value is -2.17. The van der Waals surface area contributed by atoms with E-state index in [1.165, 1.54) is 10.4 Å². The predicted molar refractivity (Wildman–Crippen MR) is 136 cm³/mol. The Bertz CT molecular complexity index is 598. The van der Waals surface area contributed by atoms with Crippen molar-refractivity contribution in [3.05, 3.63) is 123 Å². The summed E-state index contributed by atoms with van der Waals surface area (Å²) in [5.41, 5.74) is 0. The lowest BCUT2D eigenvalue weighted by atomic mass is 10.3. The molecule has 0 spiro atoms. The molecule has 1 aliphatic rings. The second-order valence-electron chi connectivity index (χ2n) is 7.48. The molecular formula is C26H36Si2. The van der Waals surface area contributed by atoms with Crippen LogP contribution in [0.15, 0.2) is 123 Å². The van der Waals surface area contributed by atoms with Crippen molar-refractivity contribution in [3.63, 3.8) is 0 Å². The summed E-state index contributed by atoms with van der Waals surface area (Å²) in [7, 11) is -3.59. The minimum absolute atomic E-state index is 1.03. The van der Waals surface area contributed by atoms with Gasteiger partial charge < -0.3 is 0 Å². The van der Waals surface area contributed by atoms with Crippen molar-refractivity contribution in [2.75, 3.05) is 0 Å². The van der Waals surface area contributed by atoms with Crippen molar-refractivity contribution >= 4 is 16.1 Å². The highest BCUT2D eigenvalue weighted by Gasteiger charge is 2.34. The standard InChI is InChI=1S/C26H36Si2/c1-7-19-27(20-8-2,21-9-3)25-15-13-14-16-26(18-17-25)28(22-10-4,23-11-5)24-12-6/h7-18H,1-6,19-24H2. The van der Waals surface area contributed by atoms with Gasteiger partial charge in [-0.3, -0.25) is 0 Å². The van der Waals surface area contributed by atoms with E-state index in [1.54, 1.807) is 0 Å². The molecule has 0 atom stereocenters. The molecule has 1 rings (SSSR count). The van der Waals surface area contributed by atoms with Crippen LogP contribution in [0.25, 0.3) is 0 Å². The molecule has 0 unspecified atom stereocenters. The van der Waals surface area contributed by atoms with Gasteiger partial charge in [0, 0.05) is 0 Å². The Morgan fingerprint density at radius 2 is 0.750 bits per heavy atom. The molecule has 0 aromatic carbocycles. The quantitative estimate of drug-likeness (QED) is 0.203. The van der Waals surface area contributed by atoms with Crippen LogP contribution in [0, 0.1) is 0 Å². The molecule has 0 fully saturated rings. The highest BCUT2D eigenvalue weighted by atomic mass is 28.3. The molecule has 0 heterocycles. The van der Waals surface area contributed by atoms with Crippen molar-refractivity contribution in [1.82, 2.24) is 0 Å². The molecule has 0 saturated heterocycles. The van der Waals surface area contributed by atoms with Crippen molar-refractivity contribution in [1.29, 1.82) is 0 Å². The van der Waals surface area contributed by atoms with Crippen molar-refractivity contribution in [2.24, 2.45) is 0 Å². The van der Waals surface area contributed by atoms with Gasteiger partial charge in [-0.1, -0.05) is 83.3 Å². The van der Waals surface area contributed by atoms with Gasteiger partial charge >= 0.3 is 0 Å². The van der Waals surface area contributed by atoms with E-state index in [1.807, 2.05) is 0 Å². The maximum absolute atomic E-state index is 4.03. The summed E-state index contributed by atoms with van der Waals surface area (Å²) in [4.78, 5) is 0. The van der Waals surface area contributed by atoms with E-state index in [2.05, 4.69) is 112 Å². The van der Waals surface area contributed by atoms with E-state index in [4.69, 9.17) is 0 Å². The second kappa shape index (κ2) is 12.3. The van der Waals surface area contributed by atoms with Gasteiger partial charge in [-0.25, -0.2) is 0 Å². The minimum atomic E-state index is -1.80. The minimum Gasteiger partial charge on any atom is -0.103 e. The van der Waals surface area contributed by atoms with Gasteiger partial charge in [0.15, 0.2) is 0 Å². The third kappa shape index (κ3) is 5.92. The fourth-order valence-electron chi connectivity index (χ4n) is 4.18. The molecule has 0 aromatic heterocycles. The Balaban J connectivity index is 3.56. The van der Waals surface area contributed by atoms with E-state index in [0.717, 1.165) is 36.3 Å². The molecule has 0 aromatic rings. The first kappa shape index (κ1) is 23.9. The van der Waals surface area contributed by atoms with Gasteiger partial charge in [0.25, 0.3) is 0 Å². The Morgan fingerprint density at radius 1 is 0.500 bits per heavy atom. The van der Waals surface area contributed by atoms with Gasteiger partial charge in [0.05, 0.1) is 16.1 Å².